The smallest absolute Gasteiger partial charge is 0.351 e. The van der Waals surface area contributed by atoms with Crippen LogP contribution in [0.2, 0.25) is 0 Å². The Kier molecular flexibility index (Phi) is 3.67. The lowest BCUT2D eigenvalue weighted by Crippen LogP contribution is -2.24. The van der Waals surface area contributed by atoms with Crippen molar-refractivity contribution in [2.75, 3.05) is 0 Å². The van der Waals surface area contributed by atoms with Crippen LogP contribution in [0.15, 0.2) is 21.3 Å². The number of alkyl halides is 2. The lowest BCUT2D eigenvalue weighted by Gasteiger charge is -2.04. The van der Waals surface area contributed by atoms with Crippen molar-refractivity contribution < 1.29 is 17.6 Å². The van der Waals surface area contributed by atoms with Crippen LogP contribution >= 0.6 is 0 Å². The standard InChI is InChI=1S/C15H11F3N4O2/c1-3-21-14(13(17)18)20-22(15(21)23)11-9-4-7(2)24-12(9)8(6-19)5-10(11)16/h4-5,13H,3H2,1-2H3. The number of hydrogen-bond donors (Lipinski definition) is 0. The third-order valence-electron chi connectivity index (χ3n) is 3.59. The third kappa shape index (κ3) is 2.19. The number of aromatic nitrogens is 3. The van der Waals surface area contributed by atoms with Crippen molar-refractivity contribution in [3.63, 3.8) is 0 Å². The molecule has 0 fully saturated rings. The van der Waals surface area contributed by atoms with Crippen LogP contribution < -0.4 is 5.69 Å². The quantitative estimate of drug-likeness (QED) is 0.736. The van der Waals surface area contributed by atoms with Gasteiger partial charge in [0.25, 0.3) is 6.43 Å². The molecule has 24 heavy (non-hydrogen) atoms. The second-order valence-corrected chi connectivity index (χ2v) is 5.06. The number of halogens is 3. The largest absolute Gasteiger partial charge is 0.460 e. The van der Waals surface area contributed by atoms with Crippen LogP contribution in [0.5, 0.6) is 0 Å². The zero-order valence-corrected chi connectivity index (χ0v) is 12.7. The molecule has 0 N–H and O–H groups in total. The molecular weight excluding hydrogens is 325 g/mol. The summed E-state index contributed by atoms with van der Waals surface area (Å²) < 4.78 is 47.4. The van der Waals surface area contributed by atoms with Crippen molar-refractivity contribution in [2.45, 2.75) is 26.8 Å². The fourth-order valence-electron chi connectivity index (χ4n) is 2.59. The molecule has 0 bridgehead atoms. The van der Waals surface area contributed by atoms with E-state index in [1.165, 1.54) is 13.0 Å². The lowest BCUT2D eigenvalue weighted by molar-refractivity contribution is 0.134. The van der Waals surface area contributed by atoms with E-state index in [0.29, 0.717) is 10.4 Å². The summed E-state index contributed by atoms with van der Waals surface area (Å²) in [5, 5.41) is 12.8. The molecule has 0 unspecified atom stereocenters. The molecule has 9 heteroatoms. The molecular formula is C15H11F3N4O2. The molecule has 0 amide bonds. The Morgan fingerprint density at radius 1 is 1.42 bits per heavy atom. The molecule has 3 rings (SSSR count). The van der Waals surface area contributed by atoms with Gasteiger partial charge in [0.1, 0.15) is 17.5 Å². The highest BCUT2D eigenvalue weighted by molar-refractivity contribution is 5.91. The molecule has 0 radical (unpaired) electrons. The second kappa shape index (κ2) is 5.56. The van der Waals surface area contributed by atoms with E-state index >= 15 is 0 Å². The van der Waals surface area contributed by atoms with Gasteiger partial charge in [-0.1, -0.05) is 0 Å². The zero-order valence-electron chi connectivity index (χ0n) is 12.7. The van der Waals surface area contributed by atoms with Crippen LogP contribution in [0.4, 0.5) is 13.2 Å². The highest BCUT2D eigenvalue weighted by Gasteiger charge is 2.25. The van der Waals surface area contributed by atoms with Gasteiger partial charge in [-0.2, -0.15) is 9.94 Å². The van der Waals surface area contributed by atoms with E-state index in [1.807, 2.05) is 0 Å². The van der Waals surface area contributed by atoms with E-state index in [-0.39, 0.29) is 28.8 Å². The van der Waals surface area contributed by atoms with Crippen LogP contribution in [-0.2, 0) is 6.54 Å². The summed E-state index contributed by atoms with van der Waals surface area (Å²) in [5.41, 5.74) is -1.20. The molecule has 0 aliphatic carbocycles. The van der Waals surface area contributed by atoms with Crippen LogP contribution in [0.1, 0.15) is 30.5 Å². The normalized spacial score (nSPS) is 11.4. The van der Waals surface area contributed by atoms with Gasteiger partial charge in [-0.15, -0.1) is 5.10 Å². The van der Waals surface area contributed by atoms with E-state index in [1.54, 1.807) is 13.0 Å². The Bertz CT molecular complexity index is 1040. The third-order valence-corrected chi connectivity index (χ3v) is 3.59. The molecule has 3 aromatic rings. The SMILES string of the molecule is CCn1c(C(F)F)nn(-c2c(F)cc(C#N)c3oc(C)cc23)c1=O. The number of benzene rings is 1. The molecule has 0 saturated heterocycles. The lowest BCUT2D eigenvalue weighted by atomic mass is 10.1. The number of aryl methyl sites for hydroxylation is 1. The second-order valence-electron chi connectivity index (χ2n) is 5.06. The minimum absolute atomic E-state index is 0.0377. The average Bonchev–Trinajstić information content (AvgIpc) is 3.06. The summed E-state index contributed by atoms with van der Waals surface area (Å²) in [6.45, 7) is 3.05. The van der Waals surface area contributed by atoms with E-state index in [9.17, 15) is 18.0 Å². The molecule has 124 valence electrons. The number of nitriles is 1. The first-order valence-corrected chi connectivity index (χ1v) is 7.00. The molecule has 0 atom stereocenters. The summed E-state index contributed by atoms with van der Waals surface area (Å²) in [7, 11) is 0. The van der Waals surface area contributed by atoms with Gasteiger partial charge in [-0.3, -0.25) is 4.57 Å². The van der Waals surface area contributed by atoms with Gasteiger partial charge in [-0.05, 0) is 26.0 Å². The summed E-state index contributed by atoms with van der Waals surface area (Å²) in [6, 6.07) is 4.11. The van der Waals surface area contributed by atoms with E-state index in [2.05, 4.69) is 5.10 Å². The minimum atomic E-state index is -2.98. The highest BCUT2D eigenvalue weighted by atomic mass is 19.3. The highest BCUT2D eigenvalue weighted by Crippen LogP contribution is 2.30. The van der Waals surface area contributed by atoms with Crippen LogP contribution in [-0.4, -0.2) is 14.3 Å². The molecule has 6 nitrogen and oxygen atoms in total. The molecule has 0 aliphatic rings. The minimum Gasteiger partial charge on any atom is -0.460 e. The van der Waals surface area contributed by atoms with Gasteiger partial charge < -0.3 is 4.42 Å². The number of fused-ring (bicyclic) bond motifs is 1. The van der Waals surface area contributed by atoms with Crippen molar-refractivity contribution in [3.05, 3.63) is 45.6 Å². The number of rotatable bonds is 3. The molecule has 2 heterocycles. The Hall–Kier alpha value is -3.02. The average molecular weight is 336 g/mol. The van der Waals surface area contributed by atoms with E-state index < -0.39 is 23.8 Å². The van der Waals surface area contributed by atoms with E-state index in [4.69, 9.17) is 9.68 Å². The van der Waals surface area contributed by atoms with Crippen molar-refractivity contribution >= 4 is 11.0 Å². The summed E-state index contributed by atoms with van der Waals surface area (Å²) in [5.74, 6) is -1.30. The first-order valence-electron chi connectivity index (χ1n) is 7.00. The van der Waals surface area contributed by atoms with Crippen molar-refractivity contribution in [2.24, 2.45) is 0 Å². The molecule has 1 aromatic carbocycles. The Balaban J connectivity index is 2.42. The maximum atomic E-state index is 14.5. The van der Waals surface area contributed by atoms with Gasteiger partial charge in [0.2, 0.25) is 5.82 Å². The van der Waals surface area contributed by atoms with Gasteiger partial charge in [0.15, 0.2) is 11.4 Å². The summed E-state index contributed by atoms with van der Waals surface area (Å²) in [4.78, 5) is 12.4. The fraction of sp³-hybridized carbons (Fsp3) is 0.267. The predicted molar refractivity (Wildman–Crippen MR) is 77.6 cm³/mol. The van der Waals surface area contributed by atoms with Crippen molar-refractivity contribution in [1.82, 2.24) is 14.3 Å². The molecule has 0 aliphatic heterocycles. The zero-order chi connectivity index (χ0) is 17.6. The number of hydrogen-bond acceptors (Lipinski definition) is 4. The van der Waals surface area contributed by atoms with Gasteiger partial charge in [0, 0.05) is 6.54 Å². The van der Waals surface area contributed by atoms with Crippen molar-refractivity contribution in [1.29, 1.82) is 5.26 Å². The topological polar surface area (TPSA) is 76.8 Å². The number of furan rings is 1. The molecule has 2 aromatic heterocycles. The van der Waals surface area contributed by atoms with Crippen molar-refractivity contribution in [3.8, 4) is 11.8 Å². The van der Waals surface area contributed by atoms with Gasteiger partial charge in [-0.25, -0.2) is 18.0 Å². The first kappa shape index (κ1) is 15.9. The fourth-order valence-corrected chi connectivity index (χ4v) is 2.59. The Morgan fingerprint density at radius 2 is 2.12 bits per heavy atom. The van der Waals surface area contributed by atoms with E-state index in [0.717, 1.165) is 10.6 Å². The summed E-state index contributed by atoms with van der Waals surface area (Å²) >= 11 is 0. The van der Waals surface area contributed by atoms with Crippen LogP contribution in [0.3, 0.4) is 0 Å². The number of nitrogens with zero attached hydrogens (tertiary/aromatic N) is 4. The predicted octanol–water partition coefficient (Wildman–Crippen LogP) is 3.06. The van der Waals surface area contributed by atoms with Crippen LogP contribution in [0.25, 0.3) is 16.7 Å². The monoisotopic (exact) mass is 336 g/mol. The maximum absolute atomic E-state index is 14.5. The first-order chi connectivity index (χ1) is 11.4. The Morgan fingerprint density at radius 3 is 2.67 bits per heavy atom. The Labute approximate surface area is 133 Å². The maximum Gasteiger partial charge on any atom is 0.351 e. The molecule has 0 saturated carbocycles. The van der Waals surface area contributed by atoms with Gasteiger partial charge in [0.05, 0.1) is 10.9 Å². The van der Waals surface area contributed by atoms with Gasteiger partial charge >= 0.3 is 5.69 Å². The van der Waals surface area contributed by atoms with Crippen LogP contribution in [0, 0.1) is 24.1 Å². The molecule has 0 spiro atoms. The summed E-state index contributed by atoms with van der Waals surface area (Å²) in [6.07, 6.45) is -2.98.